The fraction of sp³-hybridized carbons (Fsp3) is 0.632. The van der Waals surface area contributed by atoms with Gasteiger partial charge in [0.05, 0.1) is 18.0 Å². The van der Waals surface area contributed by atoms with Crippen molar-refractivity contribution in [2.24, 2.45) is 0 Å². The van der Waals surface area contributed by atoms with Gasteiger partial charge in [-0.1, -0.05) is 30.3 Å². The summed E-state index contributed by atoms with van der Waals surface area (Å²) in [4.78, 5) is 11.3. The number of rotatable bonds is 5. The van der Waals surface area contributed by atoms with Gasteiger partial charge in [-0.2, -0.15) is 13.2 Å². The van der Waals surface area contributed by atoms with Crippen LogP contribution in [0.25, 0.3) is 0 Å². The zero-order chi connectivity index (χ0) is 22.4. The molecule has 2 atom stereocenters. The first kappa shape index (κ1) is 24.6. The summed E-state index contributed by atoms with van der Waals surface area (Å²) in [5.41, 5.74) is 1.24. The molecule has 2 N–H and O–H groups in total. The van der Waals surface area contributed by atoms with E-state index in [9.17, 15) is 21.6 Å². The van der Waals surface area contributed by atoms with E-state index in [0.717, 1.165) is 45.3 Å². The third-order valence-corrected chi connectivity index (χ3v) is 5.73. The average Bonchev–Trinajstić information content (AvgIpc) is 3.02. The summed E-state index contributed by atoms with van der Waals surface area (Å²) in [5, 5.41) is 7.12. The minimum Gasteiger partial charge on any atom is -0.475 e. The van der Waals surface area contributed by atoms with Gasteiger partial charge in [0.25, 0.3) is 0 Å². The lowest BCUT2D eigenvalue weighted by Gasteiger charge is -2.38. The predicted octanol–water partition coefficient (Wildman–Crippen LogP) is 2.38. The lowest BCUT2D eigenvalue weighted by atomic mass is 9.90. The highest BCUT2D eigenvalue weighted by molar-refractivity contribution is 7.88. The summed E-state index contributed by atoms with van der Waals surface area (Å²) in [6.45, 7) is 3.33. The summed E-state index contributed by atoms with van der Waals surface area (Å²) in [6.07, 6.45) is 0.263. The highest BCUT2D eigenvalue weighted by Crippen LogP contribution is 2.37. The van der Waals surface area contributed by atoms with Crippen molar-refractivity contribution in [1.82, 2.24) is 9.62 Å². The van der Waals surface area contributed by atoms with Gasteiger partial charge in [-0.3, -0.25) is 4.90 Å². The molecule has 0 aromatic heterocycles. The van der Waals surface area contributed by atoms with Crippen LogP contribution < -0.4 is 4.72 Å². The molecule has 0 unspecified atom stereocenters. The Bertz CT molecular complexity index is 804. The normalized spacial score (nSPS) is 25.0. The monoisotopic (exact) mass is 452 g/mol. The van der Waals surface area contributed by atoms with Gasteiger partial charge in [0.2, 0.25) is 10.0 Å². The van der Waals surface area contributed by atoms with Crippen molar-refractivity contribution in [3.8, 4) is 0 Å². The van der Waals surface area contributed by atoms with E-state index in [4.69, 9.17) is 14.6 Å². The maximum absolute atomic E-state index is 11.3. The number of benzene rings is 1. The van der Waals surface area contributed by atoms with Crippen molar-refractivity contribution in [1.29, 1.82) is 0 Å². The van der Waals surface area contributed by atoms with E-state index in [1.54, 1.807) is 0 Å². The number of carbonyl (C=O) groups is 1. The third kappa shape index (κ3) is 8.21. The third-order valence-electron chi connectivity index (χ3n) is 5.04. The molecule has 1 aromatic carbocycles. The van der Waals surface area contributed by atoms with Crippen molar-refractivity contribution in [3.05, 3.63) is 35.9 Å². The smallest absolute Gasteiger partial charge is 0.475 e. The SMILES string of the molecule is CS(=O)(=O)NC[C@@H]1CCC[C@]2(CCN(Cc3ccccc3)C2)O1.O=C(O)C(F)(F)F. The molecule has 0 aliphatic carbocycles. The molecule has 2 saturated heterocycles. The Morgan fingerprint density at radius 1 is 1.30 bits per heavy atom. The van der Waals surface area contributed by atoms with Gasteiger partial charge in [-0.25, -0.2) is 17.9 Å². The zero-order valence-corrected chi connectivity index (χ0v) is 17.5. The van der Waals surface area contributed by atoms with Crippen molar-refractivity contribution in [3.63, 3.8) is 0 Å². The lowest BCUT2D eigenvalue weighted by Crippen LogP contribution is -2.46. The van der Waals surface area contributed by atoms with Gasteiger partial charge in [0.1, 0.15) is 0 Å². The quantitative estimate of drug-likeness (QED) is 0.712. The number of carboxylic acids is 1. The van der Waals surface area contributed by atoms with Crippen molar-refractivity contribution < 1.29 is 36.2 Å². The van der Waals surface area contributed by atoms with Gasteiger partial charge in [0, 0.05) is 26.2 Å². The summed E-state index contributed by atoms with van der Waals surface area (Å²) >= 11 is 0. The van der Waals surface area contributed by atoms with Crippen LogP contribution in [0.2, 0.25) is 0 Å². The number of likely N-dealkylation sites (tertiary alicyclic amines) is 1. The van der Waals surface area contributed by atoms with Crippen LogP contribution in [0.1, 0.15) is 31.2 Å². The number of ether oxygens (including phenoxy) is 1. The van der Waals surface area contributed by atoms with Gasteiger partial charge < -0.3 is 9.84 Å². The average molecular weight is 452 g/mol. The molecule has 30 heavy (non-hydrogen) atoms. The van der Waals surface area contributed by atoms with Crippen molar-refractivity contribution in [2.45, 2.75) is 50.1 Å². The summed E-state index contributed by atoms with van der Waals surface area (Å²) in [5.74, 6) is -2.76. The standard InChI is InChI=1S/C17H26N2O3S.C2HF3O2/c1-23(20,21)18-12-16-8-5-9-17(22-16)10-11-19(14-17)13-15-6-3-2-4-7-15;3-2(4,5)1(6)7/h2-4,6-7,16,18H,5,8-14H2,1H3;(H,6,7)/t16-,17+;/m0./s1. The molecule has 0 saturated carbocycles. The first-order valence-corrected chi connectivity index (χ1v) is 11.5. The Kier molecular flexibility index (Phi) is 8.26. The summed E-state index contributed by atoms with van der Waals surface area (Å²) in [6, 6.07) is 10.5. The van der Waals surface area contributed by atoms with Crippen LogP contribution in [0.4, 0.5) is 13.2 Å². The number of nitrogens with one attached hydrogen (secondary N) is 1. The zero-order valence-electron chi connectivity index (χ0n) is 16.7. The number of carboxylic acid groups (broad SMARTS) is 1. The van der Waals surface area contributed by atoms with E-state index < -0.39 is 22.2 Å². The fourth-order valence-electron chi connectivity index (χ4n) is 3.72. The molecule has 3 rings (SSSR count). The second-order valence-corrected chi connectivity index (χ2v) is 9.52. The maximum Gasteiger partial charge on any atom is 0.490 e. The molecule has 0 bridgehead atoms. The Morgan fingerprint density at radius 3 is 2.50 bits per heavy atom. The highest BCUT2D eigenvalue weighted by Gasteiger charge is 2.43. The maximum atomic E-state index is 11.3. The number of aliphatic carboxylic acids is 1. The molecule has 2 heterocycles. The number of hydrogen-bond donors (Lipinski definition) is 2. The van der Waals surface area contributed by atoms with Crippen LogP contribution in [0.15, 0.2) is 30.3 Å². The first-order chi connectivity index (χ1) is 13.9. The molecule has 11 heteroatoms. The van der Waals surface area contributed by atoms with Crippen molar-refractivity contribution >= 4 is 16.0 Å². The highest BCUT2D eigenvalue weighted by atomic mass is 32.2. The number of halogens is 3. The summed E-state index contributed by atoms with van der Waals surface area (Å²) < 4.78 is 63.2. The molecule has 2 aliphatic heterocycles. The number of alkyl halides is 3. The first-order valence-electron chi connectivity index (χ1n) is 9.57. The molecule has 170 valence electrons. The van der Waals surface area contributed by atoms with Gasteiger partial charge in [-0.05, 0) is 31.2 Å². The molecule has 1 aromatic rings. The molecular weight excluding hydrogens is 425 g/mol. The minimum absolute atomic E-state index is 0.00449. The molecule has 2 aliphatic rings. The van der Waals surface area contributed by atoms with E-state index in [2.05, 4.69) is 33.9 Å². The lowest BCUT2D eigenvalue weighted by molar-refractivity contribution is -0.192. The molecule has 0 amide bonds. The van der Waals surface area contributed by atoms with E-state index in [1.165, 1.54) is 11.8 Å². The predicted molar refractivity (Wildman–Crippen MR) is 104 cm³/mol. The number of sulfonamides is 1. The molecular formula is C19H27F3N2O5S. The molecule has 2 fully saturated rings. The van der Waals surface area contributed by atoms with Gasteiger partial charge >= 0.3 is 12.1 Å². The fourth-order valence-corrected chi connectivity index (χ4v) is 4.20. The van der Waals surface area contributed by atoms with Gasteiger partial charge in [0.15, 0.2) is 0 Å². The number of nitrogens with zero attached hydrogens (tertiary/aromatic N) is 1. The summed E-state index contributed by atoms with van der Waals surface area (Å²) in [7, 11) is -3.15. The van der Waals surface area contributed by atoms with Crippen LogP contribution in [0.3, 0.4) is 0 Å². The van der Waals surface area contributed by atoms with Crippen LogP contribution in [-0.4, -0.2) is 68.2 Å². The van der Waals surface area contributed by atoms with Crippen molar-refractivity contribution in [2.75, 3.05) is 25.9 Å². The van der Waals surface area contributed by atoms with E-state index in [0.29, 0.717) is 6.54 Å². The van der Waals surface area contributed by atoms with Crippen LogP contribution >= 0.6 is 0 Å². The minimum atomic E-state index is -5.08. The number of hydrogen-bond acceptors (Lipinski definition) is 5. The topological polar surface area (TPSA) is 95.9 Å². The Hall–Kier alpha value is -1.69. The van der Waals surface area contributed by atoms with E-state index in [1.807, 2.05) is 6.07 Å². The molecule has 1 spiro atoms. The Labute approximate surface area is 174 Å². The largest absolute Gasteiger partial charge is 0.490 e. The van der Waals surface area contributed by atoms with E-state index in [-0.39, 0.29) is 11.7 Å². The molecule has 0 radical (unpaired) electrons. The second kappa shape index (κ2) is 10.1. The second-order valence-electron chi connectivity index (χ2n) is 7.68. The van der Waals surface area contributed by atoms with Gasteiger partial charge in [-0.15, -0.1) is 0 Å². The van der Waals surface area contributed by atoms with E-state index >= 15 is 0 Å². The molecule has 7 nitrogen and oxygen atoms in total. The Balaban J connectivity index is 0.000000396. The van der Waals surface area contributed by atoms with Crippen LogP contribution in [-0.2, 0) is 26.1 Å². The Morgan fingerprint density at radius 2 is 1.93 bits per heavy atom. The van der Waals surface area contributed by atoms with Crippen LogP contribution in [0.5, 0.6) is 0 Å². The van der Waals surface area contributed by atoms with Crippen LogP contribution in [0, 0.1) is 0 Å².